The second-order valence-corrected chi connectivity index (χ2v) is 21.0. The van der Waals surface area contributed by atoms with E-state index in [0.29, 0.717) is 83.6 Å². The largest absolute Gasteiger partial charge is 0.415 e. The van der Waals surface area contributed by atoms with E-state index in [0.717, 1.165) is 34.3 Å². The normalized spacial score (nSPS) is 15.7. The minimum Gasteiger partial charge on any atom is -0.409 e. The van der Waals surface area contributed by atoms with Crippen molar-refractivity contribution in [1.82, 2.24) is 41.0 Å². The van der Waals surface area contributed by atoms with E-state index in [-0.39, 0.29) is 69.1 Å². The van der Waals surface area contributed by atoms with Crippen LogP contribution in [0.5, 0.6) is 5.75 Å². The number of amides is 12. The third-order valence-corrected chi connectivity index (χ3v) is 15.2. The van der Waals surface area contributed by atoms with Crippen LogP contribution in [0, 0.1) is 0 Å². The molecule has 3 atom stereocenters. The fourth-order valence-electron chi connectivity index (χ4n) is 10.1. The predicted octanol–water partition coefficient (Wildman–Crippen LogP) is 4.75. The summed E-state index contributed by atoms with van der Waals surface area (Å²) in [6.07, 6.45) is 3.94. The van der Waals surface area contributed by atoms with Crippen LogP contribution in [0.25, 0.3) is 21.7 Å². The highest BCUT2D eigenvalue weighted by Gasteiger charge is 2.36. The first kappa shape index (κ1) is 59.3. The summed E-state index contributed by atoms with van der Waals surface area (Å²) >= 11 is 3.68. The van der Waals surface area contributed by atoms with Gasteiger partial charge in [0.15, 0.2) is 0 Å². The lowest BCUT2D eigenvalue weighted by Crippen LogP contribution is -2.53. The molecule has 0 bridgehead atoms. The molecular weight excluding hydrogens is 1120 g/mol. The van der Waals surface area contributed by atoms with Crippen LogP contribution in [0.2, 0.25) is 0 Å². The number of anilines is 3. The Morgan fingerprint density at radius 1 is 0.720 bits per heavy atom. The Labute approximate surface area is 480 Å². The molecular formula is C57H66BrN13O11. The lowest BCUT2D eigenvalue weighted by molar-refractivity contribution is -0.137. The number of rotatable bonds is 24. The number of benzene rings is 4. The van der Waals surface area contributed by atoms with Crippen molar-refractivity contribution in [2.75, 3.05) is 80.3 Å². The number of hydrogen-bond acceptors (Lipinski definition) is 12. The van der Waals surface area contributed by atoms with Crippen molar-refractivity contribution in [3.05, 3.63) is 108 Å². The summed E-state index contributed by atoms with van der Waals surface area (Å²) in [7, 11) is 2.01. The maximum absolute atomic E-state index is 14.5. The first-order valence-corrected chi connectivity index (χ1v) is 28.2. The number of carbonyl (C=O) groups is 10. The summed E-state index contributed by atoms with van der Waals surface area (Å²) in [5.74, 6) is -2.99. The first-order chi connectivity index (χ1) is 39.5. The number of ether oxygens (including phenoxy) is 1. The van der Waals surface area contributed by atoms with E-state index in [1.54, 1.807) is 40.1 Å². The summed E-state index contributed by atoms with van der Waals surface area (Å²) in [5.41, 5.74) is 14.0. The van der Waals surface area contributed by atoms with Crippen molar-refractivity contribution in [1.29, 1.82) is 0 Å². The maximum atomic E-state index is 14.5. The Bertz CT molecular complexity index is 3270. The van der Waals surface area contributed by atoms with E-state index >= 15 is 0 Å². The molecule has 1 aromatic heterocycles. The van der Waals surface area contributed by atoms with Gasteiger partial charge >= 0.3 is 18.2 Å². The number of piperazine rings is 1. The molecule has 0 spiro atoms. The Balaban J connectivity index is 0.894. The van der Waals surface area contributed by atoms with Crippen molar-refractivity contribution < 1.29 is 52.7 Å². The third kappa shape index (κ3) is 15.1. The number of nitrogens with two attached hydrogens (primary N) is 2. The second-order valence-electron chi connectivity index (χ2n) is 20.3. The number of unbranched alkanes of at least 4 members (excludes halogenated alkanes) is 2. The van der Waals surface area contributed by atoms with Crippen LogP contribution in [0.3, 0.4) is 0 Å². The number of urea groups is 2. The van der Waals surface area contributed by atoms with Crippen molar-refractivity contribution >= 4 is 114 Å². The van der Waals surface area contributed by atoms with Gasteiger partial charge in [-0.1, -0.05) is 46.6 Å². The van der Waals surface area contributed by atoms with Crippen LogP contribution in [0.1, 0.15) is 83.7 Å². The third-order valence-electron chi connectivity index (χ3n) is 14.5. The lowest BCUT2D eigenvalue weighted by atomic mass is 9.95. The molecule has 12 amide bonds. The number of carbonyl (C=O) groups excluding carboxylic acids is 10. The number of halogens is 1. The number of nitrogens with zero attached hydrogens (tertiary/aromatic N) is 4. The molecule has 432 valence electrons. The lowest BCUT2D eigenvalue weighted by Gasteiger charge is -2.31. The number of H-pyrrole nitrogens is 1. The van der Waals surface area contributed by atoms with Crippen LogP contribution in [-0.2, 0) is 24.0 Å². The number of aromatic nitrogens is 1. The van der Waals surface area contributed by atoms with E-state index in [1.165, 1.54) is 36.4 Å². The molecule has 24 nitrogen and oxygen atoms in total. The average Bonchev–Trinajstić information content (AvgIpc) is 4.35. The number of likely N-dealkylation sites (N-methyl/N-ethyl adjacent to an activating group) is 1. The minimum absolute atomic E-state index is 0.0275. The molecule has 4 heterocycles. The molecule has 0 aliphatic carbocycles. The van der Waals surface area contributed by atoms with Gasteiger partial charge in [0.05, 0.1) is 5.69 Å². The van der Waals surface area contributed by atoms with Gasteiger partial charge in [0.1, 0.15) is 23.5 Å². The van der Waals surface area contributed by atoms with E-state index in [9.17, 15) is 47.9 Å². The Morgan fingerprint density at radius 3 is 2.02 bits per heavy atom. The molecule has 0 saturated carbocycles. The average molecular weight is 1190 g/mol. The van der Waals surface area contributed by atoms with Gasteiger partial charge in [-0.3, -0.25) is 38.5 Å². The summed E-state index contributed by atoms with van der Waals surface area (Å²) in [5, 5.41) is 18.9. The summed E-state index contributed by atoms with van der Waals surface area (Å²) in [6, 6.07) is 18.6. The topological polar surface area (TPSA) is 333 Å². The predicted molar refractivity (Wildman–Crippen MR) is 310 cm³/mol. The van der Waals surface area contributed by atoms with Gasteiger partial charge in [0, 0.05) is 121 Å². The molecule has 25 heteroatoms. The fraction of sp³-hybridized carbons (Fsp3) is 0.368. The van der Waals surface area contributed by atoms with Crippen molar-refractivity contribution in [3.8, 4) is 5.75 Å². The second kappa shape index (κ2) is 27.6. The van der Waals surface area contributed by atoms with E-state index in [1.807, 2.05) is 31.3 Å². The van der Waals surface area contributed by atoms with E-state index in [4.69, 9.17) is 16.2 Å². The standard InChI is InChI=1S/C57H66BrN13O11/c1-68-25-27-69(28-26-68)57(81)82-46-31-45-50(40-10-5-4-9-39(40)46)36(32-58)33-71(45)54(78)44-30-35-29-38(18-19-41(35)65-44)64-51(75)34-14-16-37(17-15-34)63-52(76)43(12-8-23-62-56(60)80)67-53(77)42(11-7-22-61-55(59)79)66-47(72)13-3-2-6-24-70-48(73)20-21-49(70)74/h4-5,9-10,14-21,29-31,36,42-43,65H,2-3,6-8,11-13,22-28,32-33H2,1H3,(H,63,76)(H,64,75)(H,66,72)(H,67,77)(H3,59,61,79)(H3,60,62,80)/t36-,42+,43+/m1/s1. The maximum Gasteiger partial charge on any atom is 0.415 e. The Kier molecular flexibility index (Phi) is 19.9. The quantitative estimate of drug-likeness (QED) is 0.0230. The van der Waals surface area contributed by atoms with Crippen molar-refractivity contribution in [2.45, 2.75) is 69.4 Å². The molecule has 1 saturated heterocycles. The SMILES string of the molecule is CN1CCN(C(=O)Oc2cc3c(c4ccccc24)[C@H](CBr)CN3C(=O)c2cc3cc(NC(=O)c4ccc(NC(=O)[C@H](CCCNC(N)=O)NC(=O)[C@H](CCCNC(N)=O)NC(=O)CCCCCN5C(=O)C=CC5=O)cc4)ccc3[nH]2)CC1. The molecule has 5 aromatic rings. The molecule has 82 heavy (non-hydrogen) atoms. The van der Waals surface area contributed by atoms with Crippen LogP contribution in [0.4, 0.5) is 31.4 Å². The molecule has 0 unspecified atom stereocenters. The number of aromatic amines is 1. The fourth-order valence-corrected chi connectivity index (χ4v) is 10.6. The summed E-state index contributed by atoms with van der Waals surface area (Å²) in [4.78, 5) is 139. The molecule has 4 aromatic carbocycles. The number of imide groups is 1. The first-order valence-electron chi connectivity index (χ1n) is 27.1. The number of alkyl halides is 1. The van der Waals surface area contributed by atoms with Crippen LogP contribution in [-0.4, -0.2) is 156 Å². The Hall–Kier alpha value is -8.84. The van der Waals surface area contributed by atoms with Crippen LogP contribution in [0.15, 0.2) is 91.0 Å². The van der Waals surface area contributed by atoms with E-state index in [2.05, 4.69) is 57.7 Å². The highest BCUT2D eigenvalue weighted by Crippen LogP contribution is 2.46. The summed E-state index contributed by atoms with van der Waals surface area (Å²) < 4.78 is 6.07. The molecule has 3 aliphatic rings. The zero-order valence-corrected chi connectivity index (χ0v) is 46.8. The van der Waals surface area contributed by atoms with Gasteiger partial charge in [-0.05, 0) is 105 Å². The smallest absolute Gasteiger partial charge is 0.409 e. The monoisotopic (exact) mass is 1190 g/mol. The van der Waals surface area contributed by atoms with Crippen LogP contribution >= 0.6 is 15.9 Å². The number of nitrogens with one attached hydrogen (secondary N) is 7. The van der Waals surface area contributed by atoms with Gasteiger partial charge in [-0.15, -0.1) is 0 Å². The van der Waals surface area contributed by atoms with Gasteiger partial charge < -0.3 is 67.8 Å². The van der Waals surface area contributed by atoms with Gasteiger partial charge in [0.2, 0.25) is 17.7 Å². The molecule has 1 fully saturated rings. The van der Waals surface area contributed by atoms with Gasteiger partial charge in [0.25, 0.3) is 23.6 Å². The summed E-state index contributed by atoms with van der Waals surface area (Å²) in [6.45, 7) is 3.35. The minimum atomic E-state index is -1.17. The molecule has 11 N–H and O–H groups in total. The highest BCUT2D eigenvalue weighted by atomic mass is 79.9. The molecule has 0 radical (unpaired) electrons. The highest BCUT2D eigenvalue weighted by molar-refractivity contribution is 9.09. The van der Waals surface area contributed by atoms with E-state index < -0.39 is 65.7 Å². The zero-order chi connectivity index (χ0) is 58.5. The number of hydrogen-bond donors (Lipinski definition) is 9. The van der Waals surface area contributed by atoms with Crippen molar-refractivity contribution in [2.24, 2.45) is 11.5 Å². The van der Waals surface area contributed by atoms with Crippen molar-refractivity contribution in [3.63, 3.8) is 0 Å². The molecule has 3 aliphatic heterocycles. The van der Waals surface area contributed by atoms with Gasteiger partial charge in [-0.25, -0.2) is 14.4 Å². The van der Waals surface area contributed by atoms with Crippen LogP contribution < -0.4 is 53.0 Å². The van der Waals surface area contributed by atoms with Gasteiger partial charge in [-0.2, -0.15) is 0 Å². The zero-order valence-electron chi connectivity index (χ0n) is 45.2. The Morgan fingerprint density at radius 2 is 1.37 bits per heavy atom. The molecule has 8 rings (SSSR count). The number of primary amides is 2. The number of fused-ring (bicyclic) bond motifs is 4.